The SMILES string of the molecule is CC1(C)c2ccccc2-c2ccc(-n3c4ccccc4c4cc(N(c5ccccc5)c5ccc6c(c5)C5(c7ccccc7Sc7ccccc75)c5cccc7cccc-6c57)ccc43)cc21. The lowest BCUT2D eigenvalue weighted by molar-refractivity contribution is 0.660. The van der Waals surface area contributed by atoms with Gasteiger partial charge in [0.2, 0.25) is 0 Å². The van der Waals surface area contributed by atoms with E-state index in [0.717, 1.165) is 17.1 Å². The van der Waals surface area contributed by atoms with Crippen LogP contribution < -0.4 is 4.90 Å². The largest absolute Gasteiger partial charge is 0.310 e. The molecule has 3 aliphatic rings. The number of rotatable bonds is 4. The molecule has 2 nitrogen and oxygen atoms in total. The molecule has 2 aliphatic carbocycles. The molecule has 2 heterocycles. The molecular formula is C62H42N2S. The minimum absolute atomic E-state index is 0.0906. The summed E-state index contributed by atoms with van der Waals surface area (Å²) in [6, 6.07) is 82.1. The Hall–Kier alpha value is -7.59. The highest BCUT2D eigenvalue weighted by Gasteiger charge is 2.49. The molecule has 306 valence electrons. The molecule has 0 atom stereocenters. The molecule has 14 rings (SSSR count). The standard InChI is InChI=1S/C62H42N2S/c1-61(2)50-23-8-6-20-44(50)45-33-31-43(37-54(45)61)64-56-27-11-7-21-47(56)49-36-41(32-35-57(49)64)63(40-18-4-3-5-19-40)42-30-34-46-48-22-14-16-39-17-15-26-53(60(39)48)62(55(46)38-42)51-24-9-12-28-58(51)65-59-29-13-10-25-52(59)62/h3-38H,1-2H3. The van der Waals surface area contributed by atoms with Gasteiger partial charge in [0, 0.05) is 48.7 Å². The number of hydrogen-bond acceptors (Lipinski definition) is 2. The highest BCUT2D eigenvalue weighted by molar-refractivity contribution is 7.99. The molecule has 1 spiro atoms. The van der Waals surface area contributed by atoms with E-state index in [4.69, 9.17) is 0 Å². The smallest absolute Gasteiger partial charge is 0.0736 e. The molecule has 0 N–H and O–H groups in total. The van der Waals surface area contributed by atoms with Crippen molar-refractivity contribution in [2.45, 2.75) is 34.5 Å². The van der Waals surface area contributed by atoms with Gasteiger partial charge in [0.25, 0.3) is 0 Å². The lowest BCUT2D eigenvalue weighted by atomic mass is 9.59. The van der Waals surface area contributed by atoms with Gasteiger partial charge in [-0.25, -0.2) is 0 Å². The molecule has 1 aromatic heterocycles. The molecule has 0 radical (unpaired) electrons. The van der Waals surface area contributed by atoms with E-state index < -0.39 is 5.41 Å². The van der Waals surface area contributed by atoms with E-state index in [9.17, 15) is 0 Å². The fourth-order valence-corrected chi connectivity index (χ4v) is 13.2. The van der Waals surface area contributed by atoms with Gasteiger partial charge >= 0.3 is 0 Å². The summed E-state index contributed by atoms with van der Waals surface area (Å²) in [6.45, 7) is 4.73. The van der Waals surface area contributed by atoms with Crippen molar-refractivity contribution >= 4 is 61.4 Å². The quantitative estimate of drug-likeness (QED) is 0.174. The molecule has 11 aromatic rings. The van der Waals surface area contributed by atoms with Crippen LogP contribution in [-0.2, 0) is 10.8 Å². The number of benzene rings is 10. The van der Waals surface area contributed by atoms with Crippen molar-refractivity contribution in [1.29, 1.82) is 0 Å². The number of hydrogen-bond donors (Lipinski definition) is 0. The average Bonchev–Trinajstić information content (AvgIpc) is 3.80. The van der Waals surface area contributed by atoms with Crippen LogP contribution in [0.5, 0.6) is 0 Å². The first-order valence-electron chi connectivity index (χ1n) is 22.7. The van der Waals surface area contributed by atoms with E-state index in [1.165, 1.54) is 104 Å². The first-order chi connectivity index (χ1) is 32.0. The molecule has 3 heteroatoms. The number of fused-ring (bicyclic) bond motifs is 14. The van der Waals surface area contributed by atoms with Crippen LogP contribution in [0.1, 0.15) is 47.2 Å². The van der Waals surface area contributed by atoms with Crippen LogP contribution in [-0.4, -0.2) is 4.57 Å². The zero-order valence-corrected chi connectivity index (χ0v) is 36.9. The lowest BCUT2D eigenvalue weighted by Crippen LogP contribution is -2.36. The fraction of sp³-hybridized carbons (Fsp3) is 0.0645. The molecule has 0 bridgehead atoms. The summed E-state index contributed by atoms with van der Waals surface area (Å²) in [5, 5.41) is 5.08. The van der Waals surface area contributed by atoms with Gasteiger partial charge in [-0.1, -0.05) is 171 Å². The number of anilines is 3. The van der Waals surface area contributed by atoms with Crippen molar-refractivity contribution in [1.82, 2.24) is 4.57 Å². The zero-order chi connectivity index (χ0) is 43.0. The Morgan fingerprint density at radius 1 is 0.385 bits per heavy atom. The second kappa shape index (κ2) is 13.5. The Balaban J connectivity index is 1.01. The van der Waals surface area contributed by atoms with Crippen molar-refractivity contribution in [3.63, 3.8) is 0 Å². The van der Waals surface area contributed by atoms with Crippen LogP contribution in [0, 0.1) is 0 Å². The Kier molecular flexibility index (Phi) is 7.63. The van der Waals surface area contributed by atoms with Crippen molar-refractivity contribution < 1.29 is 0 Å². The average molecular weight is 847 g/mol. The summed E-state index contributed by atoms with van der Waals surface area (Å²) in [6.07, 6.45) is 0. The van der Waals surface area contributed by atoms with Crippen molar-refractivity contribution in [2.75, 3.05) is 4.90 Å². The third-order valence-corrected chi connectivity index (χ3v) is 16.0. The lowest BCUT2D eigenvalue weighted by Gasteiger charge is -2.46. The monoisotopic (exact) mass is 846 g/mol. The molecule has 0 saturated heterocycles. The van der Waals surface area contributed by atoms with E-state index >= 15 is 0 Å². The predicted octanol–water partition coefficient (Wildman–Crippen LogP) is 16.5. The number of nitrogens with zero attached hydrogens (tertiary/aromatic N) is 2. The molecule has 0 fully saturated rings. The second-order valence-electron chi connectivity index (χ2n) is 18.4. The Bertz CT molecular complexity index is 3750. The topological polar surface area (TPSA) is 8.17 Å². The molecule has 10 aromatic carbocycles. The maximum Gasteiger partial charge on any atom is 0.0736 e. The van der Waals surface area contributed by atoms with Gasteiger partial charge in [-0.3, -0.25) is 0 Å². The summed E-state index contributed by atoms with van der Waals surface area (Å²) < 4.78 is 2.47. The van der Waals surface area contributed by atoms with Crippen LogP contribution >= 0.6 is 11.8 Å². The summed E-state index contributed by atoms with van der Waals surface area (Å²) in [5.74, 6) is 0. The van der Waals surface area contributed by atoms with Gasteiger partial charge in [0.15, 0.2) is 0 Å². The van der Waals surface area contributed by atoms with Gasteiger partial charge < -0.3 is 9.47 Å². The first kappa shape index (κ1) is 36.8. The third kappa shape index (κ3) is 4.96. The maximum atomic E-state index is 2.51. The van der Waals surface area contributed by atoms with Crippen molar-refractivity contribution in [2.24, 2.45) is 0 Å². The van der Waals surface area contributed by atoms with Gasteiger partial charge in [-0.2, -0.15) is 0 Å². The molecule has 0 saturated carbocycles. The van der Waals surface area contributed by atoms with Crippen LogP contribution in [0.3, 0.4) is 0 Å². The molecular weight excluding hydrogens is 805 g/mol. The van der Waals surface area contributed by atoms with Crippen molar-refractivity contribution in [3.8, 4) is 27.9 Å². The Labute approximate surface area is 383 Å². The zero-order valence-electron chi connectivity index (χ0n) is 36.1. The number of aromatic nitrogens is 1. The predicted molar refractivity (Wildman–Crippen MR) is 272 cm³/mol. The minimum atomic E-state index is -0.539. The minimum Gasteiger partial charge on any atom is -0.310 e. The van der Waals surface area contributed by atoms with Crippen LogP contribution in [0.15, 0.2) is 228 Å². The molecule has 0 unspecified atom stereocenters. The Morgan fingerprint density at radius 3 is 1.78 bits per heavy atom. The van der Waals surface area contributed by atoms with Crippen molar-refractivity contribution in [3.05, 3.63) is 252 Å². The summed E-state index contributed by atoms with van der Waals surface area (Å²) >= 11 is 1.89. The summed E-state index contributed by atoms with van der Waals surface area (Å²) in [4.78, 5) is 5.07. The normalized spacial score (nSPS) is 14.5. The first-order valence-corrected chi connectivity index (χ1v) is 23.5. The van der Waals surface area contributed by atoms with Gasteiger partial charge in [-0.15, -0.1) is 0 Å². The van der Waals surface area contributed by atoms with Crippen LogP contribution in [0.2, 0.25) is 0 Å². The fourth-order valence-electron chi connectivity index (χ4n) is 12.0. The van der Waals surface area contributed by atoms with E-state index in [1.54, 1.807) is 0 Å². The van der Waals surface area contributed by atoms with E-state index in [0.29, 0.717) is 0 Å². The van der Waals surface area contributed by atoms with E-state index in [2.05, 4.69) is 242 Å². The highest BCUT2D eigenvalue weighted by Crippen LogP contribution is 2.62. The molecule has 1 aliphatic heterocycles. The van der Waals surface area contributed by atoms with Crippen LogP contribution in [0.4, 0.5) is 17.1 Å². The molecule has 65 heavy (non-hydrogen) atoms. The summed E-state index contributed by atoms with van der Waals surface area (Å²) in [7, 11) is 0. The van der Waals surface area contributed by atoms with Gasteiger partial charge in [0.05, 0.1) is 16.4 Å². The van der Waals surface area contributed by atoms with Gasteiger partial charge in [-0.05, 0) is 139 Å². The van der Waals surface area contributed by atoms with E-state index in [1.807, 2.05) is 11.8 Å². The Morgan fingerprint density at radius 2 is 0.969 bits per heavy atom. The third-order valence-electron chi connectivity index (χ3n) is 14.8. The number of para-hydroxylation sites is 2. The van der Waals surface area contributed by atoms with Crippen LogP contribution in [0.25, 0.3) is 60.5 Å². The summed E-state index contributed by atoms with van der Waals surface area (Å²) in [5.41, 5.74) is 19.6. The molecule has 0 amide bonds. The second-order valence-corrected chi connectivity index (χ2v) is 19.5. The van der Waals surface area contributed by atoms with E-state index in [-0.39, 0.29) is 5.41 Å². The van der Waals surface area contributed by atoms with Gasteiger partial charge in [0.1, 0.15) is 0 Å². The maximum absolute atomic E-state index is 2.51. The highest BCUT2D eigenvalue weighted by atomic mass is 32.2.